The zero-order valence-corrected chi connectivity index (χ0v) is 12.2. The molecule has 0 bridgehead atoms. The van der Waals surface area contributed by atoms with Crippen LogP contribution in [0.15, 0.2) is 30.3 Å². The van der Waals surface area contributed by atoms with Gasteiger partial charge in [0.25, 0.3) is 0 Å². The van der Waals surface area contributed by atoms with E-state index < -0.39 is 0 Å². The van der Waals surface area contributed by atoms with E-state index in [-0.39, 0.29) is 0 Å². The first kappa shape index (κ1) is 13.1. The highest BCUT2D eigenvalue weighted by Crippen LogP contribution is 2.47. The molecular formula is C15H21BrO. The molecule has 2 atom stereocenters. The average Bonchev–Trinajstić information content (AvgIpc) is 2.34. The summed E-state index contributed by atoms with van der Waals surface area (Å²) in [7, 11) is 0. The van der Waals surface area contributed by atoms with E-state index in [0.717, 1.165) is 25.9 Å². The Morgan fingerprint density at radius 1 is 1.29 bits per heavy atom. The van der Waals surface area contributed by atoms with Crippen LogP contribution in [0.4, 0.5) is 0 Å². The van der Waals surface area contributed by atoms with Gasteiger partial charge in [-0.2, -0.15) is 0 Å². The van der Waals surface area contributed by atoms with E-state index in [1.54, 1.807) is 0 Å². The predicted octanol–water partition coefficient (Wildman–Crippen LogP) is 4.20. The Labute approximate surface area is 113 Å². The van der Waals surface area contributed by atoms with Crippen LogP contribution in [0.25, 0.3) is 0 Å². The van der Waals surface area contributed by atoms with Crippen molar-refractivity contribution in [3.8, 4) is 0 Å². The topological polar surface area (TPSA) is 9.23 Å². The Balaban J connectivity index is 1.65. The van der Waals surface area contributed by atoms with Gasteiger partial charge in [-0.3, -0.25) is 0 Å². The molecule has 0 saturated heterocycles. The molecule has 0 aromatic heterocycles. The summed E-state index contributed by atoms with van der Waals surface area (Å²) in [5.74, 6) is 0. The molecule has 1 aromatic carbocycles. The number of alkyl halides is 1. The fraction of sp³-hybridized carbons (Fsp3) is 0.600. The van der Waals surface area contributed by atoms with Gasteiger partial charge in [0.15, 0.2) is 0 Å². The lowest BCUT2D eigenvalue weighted by Crippen LogP contribution is -2.51. The molecule has 17 heavy (non-hydrogen) atoms. The molecule has 2 rings (SSSR count). The van der Waals surface area contributed by atoms with Gasteiger partial charge in [-0.1, -0.05) is 60.1 Å². The van der Waals surface area contributed by atoms with E-state index in [9.17, 15) is 0 Å². The lowest BCUT2D eigenvalue weighted by atomic mass is 9.69. The molecule has 1 fully saturated rings. The minimum Gasteiger partial charge on any atom is -0.378 e. The van der Waals surface area contributed by atoms with Crippen molar-refractivity contribution < 1.29 is 4.74 Å². The minimum absolute atomic E-state index is 0.298. The zero-order valence-electron chi connectivity index (χ0n) is 10.7. The summed E-state index contributed by atoms with van der Waals surface area (Å²) < 4.78 is 5.96. The molecule has 0 radical (unpaired) electrons. The molecule has 2 heteroatoms. The quantitative estimate of drug-likeness (QED) is 0.584. The third-order valence-corrected chi connectivity index (χ3v) is 5.38. The van der Waals surface area contributed by atoms with Crippen molar-refractivity contribution in [2.45, 2.75) is 44.0 Å². The van der Waals surface area contributed by atoms with Crippen molar-refractivity contribution >= 4 is 15.9 Å². The van der Waals surface area contributed by atoms with Crippen molar-refractivity contribution in [2.75, 3.05) is 6.61 Å². The van der Waals surface area contributed by atoms with Gasteiger partial charge in [-0.25, -0.2) is 0 Å². The van der Waals surface area contributed by atoms with Crippen LogP contribution in [0.3, 0.4) is 0 Å². The van der Waals surface area contributed by atoms with E-state index in [4.69, 9.17) is 4.74 Å². The smallest absolute Gasteiger partial charge is 0.0647 e. The fourth-order valence-corrected chi connectivity index (χ4v) is 2.90. The summed E-state index contributed by atoms with van der Waals surface area (Å²) in [4.78, 5) is 0.620. The highest BCUT2D eigenvalue weighted by atomic mass is 79.9. The molecule has 2 unspecified atom stereocenters. The lowest BCUT2D eigenvalue weighted by Gasteiger charge is -2.48. The maximum atomic E-state index is 5.96. The van der Waals surface area contributed by atoms with Crippen molar-refractivity contribution in [3.63, 3.8) is 0 Å². The van der Waals surface area contributed by atoms with Crippen molar-refractivity contribution in [3.05, 3.63) is 35.9 Å². The summed E-state index contributed by atoms with van der Waals surface area (Å²) in [5, 5.41) is 0. The van der Waals surface area contributed by atoms with Gasteiger partial charge in [-0.15, -0.1) is 0 Å². The van der Waals surface area contributed by atoms with Gasteiger partial charge < -0.3 is 4.74 Å². The number of hydrogen-bond donors (Lipinski definition) is 0. The van der Waals surface area contributed by atoms with Crippen molar-refractivity contribution in [1.29, 1.82) is 0 Å². The number of benzene rings is 1. The molecule has 0 N–H and O–H groups in total. The first-order valence-electron chi connectivity index (χ1n) is 6.40. The minimum atomic E-state index is 0.298. The first-order valence-corrected chi connectivity index (χ1v) is 7.32. The predicted molar refractivity (Wildman–Crippen MR) is 75.6 cm³/mol. The molecule has 0 aliphatic heterocycles. The van der Waals surface area contributed by atoms with Crippen LogP contribution in [-0.2, 0) is 11.2 Å². The van der Waals surface area contributed by atoms with Gasteiger partial charge >= 0.3 is 0 Å². The molecule has 1 aliphatic rings. The van der Waals surface area contributed by atoms with Gasteiger partial charge in [0.2, 0.25) is 0 Å². The summed E-state index contributed by atoms with van der Waals surface area (Å²) in [5.41, 5.74) is 1.70. The highest BCUT2D eigenvalue weighted by Gasteiger charge is 2.47. The SMILES string of the molecule is CC1(C)C(Br)CC1OCCCc1ccccc1. The Hall–Kier alpha value is -0.340. The second-order valence-corrected chi connectivity index (χ2v) is 6.58. The second kappa shape index (κ2) is 5.53. The van der Waals surface area contributed by atoms with E-state index in [1.165, 1.54) is 5.56 Å². The number of aryl methyl sites for hydroxylation is 1. The van der Waals surface area contributed by atoms with E-state index in [1.807, 2.05) is 0 Å². The first-order chi connectivity index (χ1) is 8.10. The van der Waals surface area contributed by atoms with E-state index in [2.05, 4.69) is 60.1 Å². The number of ether oxygens (including phenoxy) is 1. The van der Waals surface area contributed by atoms with Crippen LogP contribution in [0, 0.1) is 5.41 Å². The normalized spacial score (nSPS) is 26.5. The highest BCUT2D eigenvalue weighted by molar-refractivity contribution is 9.09. The van der Waals surface area contributed by atoms with E-state index >= 15 is 0 Å². The standard InChI is InChI=1S/C15H21BrO/c1-15(2)13(16)11-14(15)17-10-6-9-12-7-4-3-5-8-12/h3-5,7-8,13-14H,6,9-11H2,1-2H3. The maximum absolute atomic E-state index is 5.96. The molecule has 0 spiro atoms. The number of halogens is 1. The van der Waals surface area contributed by atoms with Crippen LogP contribution < -0.4 is 0 Å². The van der Waals surface area contributed by atoms with Crippen molar-refractivity contribution in [1.82, 2.24) is 0 Å². The summed E-state index contributed by atoms with van der Waals surface area (Å²) in [6.45, 7) is 5.43. The summed E-state index contributed by atoms with van der Waals surface area (Å²) in [6.07, 6.45) is 3.82. The molecule has 0 heterocycles. The van der Waals surface area contributed by atoms with Gasteiger partial charge in [-0.05, 0) is 24.8 Å². The molecule has 1 aromatic rings. The van der Waals surface area contributed by atoms with Crippen LogP contribution in [0.1, 0.15) is 32.3 Å². The third kappa shape index (κ3) is 3.11. The zero-order chi connectivity index (χ0) is 12.3. The molecule has 1 nitrogen and oxygen atoms in total. The Bertz CT molecular complexity index is 347. The Kier molecular flexibility index (Phi) is 4.26. The molecule has 1 saturated carbocycles. The summed E-state index contributed by atoms with van der Waals surface area (Å²) in [6, 6.07) is 10.6. The largest absolute Gasteiger partial charge is 0.378 e. The van der Waals surface area contributed by atoms with Crippen LogP contribution in [-0.4, -0.2) is 17.5 Å². The van der Waals surface area contributed by atoms with Crippen LogP contribution in [0.2, 0.25) is 0 Å². The number of hydrogen-bond acceptors (Lipinski definition) is 1. The Morgan fingerprint density at radius 2 is 2.00 bits per heavy atom. The van der Waals surface area contributed by atoms with Crippen molar-refractivity contribution in [2.24, 2.45) is 5.41 Å². The summed E-state index contributed by atoms with van der Waals surface area (Å²) >= 11 is 3.69. The monoisotopic (exact) mass is 296 g/mol. The number of rotatable bonds is 5. The van der Waals surface area contributed by atoms with Gasteiger partial charge in [0.05, 0.1) is 6.10 Å². The van der Waals surface area contributed by atoms with Crippen LogP contribution in [0.5, 0.6) is 0 Å². The van der Waals surface area contributed by atoms with Gasteiger partial charge in [0, 0.05) is 16.8 Å². The van der Waals surface area contributed by atoms with Gasteiger partial charge in [0.1, 0.15) is 0 Å². The average molecular weight is 297 g/mol. The fourth-order valence-electron chi connectivity index (χ4n) is 2.27. The molecule has 1 aliphatic carbocycles. The van der Waals surface area contributed by atoms with Crippen LogP contribution >= 0.6 is 15.9 Å². The second-order valence-electron chi connectivity index (χ2n) is 5.47. The molecule has 94 valence electrons. The third-order valence-electron chi connectivity index (χ3n) is 3.83. The van der Waals surface area contributed by atoms with E-state index in [0.29, 0.717) is 16.3 Å². The molecule has 0 amide bonds. The maximum Gasteiger partial charge on any atom is 0.0647 e. The Morgan fingerprint density at radius 3 is 2.59 bits per heavy atom. The lowest BCUT2D eigenvalue weighted by molar-refractivity contribution is -0.0853. The molecular weight excluding hydrogens is 276 g/mol.